The van der Waals surface area contributed by atoms with E-state index < -0.39 is 10.8 Å². The minimum atomic E-state index is -0.534. The van der Waals surface area contributed by atoms with E-state index in [-0.39, 0.29) is 17.3 Å². The summed E-state index contributed by atoms with van der Waals surface area (Å²) in [5, 5.41) is 16.0. The van der Waals surface area contributed by atoms with Gasteiger partial charge in [0.2, 0.25) is 0 Å². The van der Waals surface area contributed by atoms with Crippen LogP contribution in [-0.2, 0) is 4.74 Å². The van der Waals surface area contributed by atoms with Gasteiger partial charge in [0.1, 0.15) is 5.56 Å². The predicted octanol–water partition coefficient (Wildman–Crippen LogP) is 2.46. The summed E-state index contributed by atoms with van der Waals surface area (Å²) in [6, 6.07) is 10.1. The number of nitro benzene ring substituents is 1. The summed E-state index contributed by atoms with van der Waals surface area (Å²) in [6.07, 6.45) is 0. The van der Waals surface area contributed by atoms with Crippen molar-refractivity contribution < 1.29 is 14.5 Å². The fourth-order valence-electron chi connectivity index (χ4n) is 2.89. The Morgan fingerprint density at radius 1 is 1.28 bits per heavy atom. The van der Waals surface area contributed by atoms with Gasteiger partial charge in [0.05, 0.1) is 24.2 Å². The molecular weight excluding hydrogens is 342 g/mol. The number of nitro groups is 1. The Hall–Kier alpha value is -2.29. The Kier molecular flexibility index (Phi) is 5.75. The molecule has 0 bridgehead atoms. The van der Waals surface area contributed by atoms with Crippen molar-refractivity contribution in [1.29, 1.82) is 0 Å². The lowest BCUT2D eigenvalue weighted by atomic mass is 10.1. The number of rotatable bonds is 6. The summed E-state index contributed by atoms with van der Waals surface area (Å²) in [4.78, 5) is 26.5. The van der Waals surface area contributed by atoms with Crippen LogP contribution in [0, 0.1) is 10.1 Å². The Morgan fingerprint density at radius 2 is 2.04 bits per heavy atom. The van der Waals surface area contributed by atoms with Crippen LogP contribution in [0.15, 0.2) is 41.8 Å². The zero-order valence-corrected chi connectivity index (χ0v) is 14.4. The highest BCUT2D eigenvalue weighted by molar-refractivity contribution is 7.10. The van der Waals surface area contributed by atoms with Crippen molar-refractivity contribution in [2.75, 3.05) is 32.8 Å². The number of carbonyl (C=O) groups excluding carboxylic acids is 1. The van der Waals surface area contributed by atoms with Gasteiger partial charge in [-0.3, -0.25) is 19.8 Å². The van der Waals surface area contributed by atoms with Crippen molar-refractivity contribution in [3.05, 3.63) is 62.3 Å². The first-order valence-electron chi connectivity index (χ1n) is 8.03. The SMILES string of the molecule is O=C(NC[C@H](c1cccs1)N1CCOCC1)c1ccccc1[N+](=O)[O-]. The van der Waals surface area contributed by atoms with E-state index in [9.17, 15) is 14.9 Å². The van der Waals surface area contributed by atoms with Crippen molar-refractivity contribution in [1.82, 2.24) is 10.2 Å². The summed E-state index contributed by atoms with van der Waals surface area (Å²) < 4.78 is 5.40. The topological polar surface area (TPSA) is 84.7 Å². The van der Waals surface area contributed by atoms with E-state index in [1.165, 1.54) is 12.1 Å². The number of benzene rings is 1. The van der Waals surface area contributed by atoms with E-state index in [2.05, 4.69) is 10.2 Å². The monoisotopic (exact) mass is 361 g/mol. The maximum Gasteiger partial charge on any atom is 0.282 e. The van der Waals surface area contributed by atoms with Crippen LogP contribution in [0.5, 0.6) is 0 Å². The second-order valence-corrected chi connectivity index (χ2v) is 6.64. The van der Waals surface area contributed by atoms with E-state index in [0.29, 0.717) is 19.8 Å². The highest BCUT2D eigenvalue weighted by Gasteiger charge is 2.25. The zero-order chi connectivity index (χ0) is 17.6. The number of ether oxygens (including phenoxy) is 1. The number of nitrogens with zero attached hydrogens (tertiary/aromatic N) is 2. The Labute approximate surface area is 149 Å². The molecule has 0 saturated carbocycles. The summed E-state index contributed by atoms with van der Waals surface area (Å²) >= 11 is 1.64. The van der Waals surface area contributed by atoms with Gasteiger partial charge in [-0.25, -0.2) is 0 Å². The molecule has 132 valence electrons. The van der Waals surface area contributed by atoms with E-state index in [4.69, 9.17) is 4.74 Å². The predicted molar refractivity (Wildman–Crippen MR) is 94.9 cm³/mol. The lowest BCUT2D eigenvalue weighted by Gasteiger charge is -2.34. The molecule has 0 unspecified atom stereocenters. The number of hydrogen-bond acceptors (Lipinski definition) is 6. The Bertz CT molecular complexity index is 729. The maximum atomic E-state index is 12.5. The third-order valence-corrected chi connectivity index (χ3v) is 5.13. The van der Waals surface area contributed by atoms with Crippen molar-refractivity contribution in [2.24, 2.45) is 0 Å². The Morgan fingerprint density at radius 3 is 2.72 bits per heavy atom. The molecule has 1 aromatic heterocycles. The van der Waals surface area contributed by atoms with Crippen LogP contribution in [0.3, 0.4) is 0 Å². The van der Waals surface area contributed by atoms with Gasteiger partial charge in [-0.1, -0.05) is 18.2 Å². The van der Waals surface area contributed by atoms with Crippen molar-refractivity contribution in [2.45, 2.75) is 6.04 Å². The maximum absolute atomic E-state index is 12.5. The molecule has 0 spiro atoms. The molecule has 1 aliphatic heterocycles. The third kappa shape index (κ3) is 4.22. The summed E-state index contributed by atoms with van der Waals surface area (Å²) in [6.45, 7) is 3.32. The fraction of sp³-hybridized carbons (Fsp3) is 0.353. The van der Waals surface area contributed by atoms with Crippen molar-refractivity contribution in [3.8, 4) is 0 Å². The van der Waals surface area contributed by atoms with Crippen LogP contribution in [0.2, 0.25) is 0 Å². The molecule has 1 amide bonds. The van der Waals surface area contributed by atoms with Crippen LogP contribution in [0.25, 0.3) is 0 Å². The summed E-state index contributed by atoms with van der Waals surface area (Å²) in [5.41, 5.74) is -0.0987. The second kappa shape index (κ2) is 8.19. The van der Waals surface area contributed by atoms with Gasteiger partial charge in [-0.05, 0) is 17.5 Å². The molecule has 2 aromatic rings. The molecule has 1 N–H and O–H groups in total. The van der Waals surface area contributed by atoms with Gasteiger partial charge in [0.25, 0.3) is 11.6 Å². The third-order valence-electron chi connectivity index (χ3n) is 4.16. The van der Waals surface area contributed by atoms with Crippen molar-refractivity contribution in [3.63, 3.8) is 0 Å². The number of morpholine rings is 1. The highest BCUT2D eigenvalue weighted by atomic mass is 32.1. The van der Waals surface area contributed by atoms with Gasteiger partial charge >= 0.3 is 0 Å². The molecule has 8 heteroatoms. The van der Waals surface area contributed by atoms with E-state index in [0.717, 1.165) is 18.0 Å². The average Bonchev–Trinajstić information content (AvgIpc) is 3.17. The minimum absolute atomic E-state index is 0.0376. The first kappa shape index (κ1) is 17.5. The molecule has 1 aromatic carbocycles. The number of nitrogens with one attached hydrogen (secondary N) is 1. The average molecular weight is 361 g/mol. The number of hydrogen-bond donors (Lipinski definition) is 1. The quantitative estimate of drug-likeness (QED) is 0.631. The fourth-order valence-corrected chi connectivity index (χ4v) is 3.75. The Balaban J connectivity index is 1.73. The summed E-state index contributed by atoms with van der Waals surface area (Å²) in [5.74, 6) is -0.429. The first-order chi connectivity index (χ1) is 12.2. The largest absolute Gasteiger partial charge is 0.379 e. The molecule has 1 fully saturated rings. The van der Waals surface area contributed by atoms with Crippen LogP contribution in [-0.4, -0.2) is 48.6 Å². The van der Waals surface area contributed by atoms with E-state index in [1.807, 2.05) is 17.5 Å². The van der Waals surface area contributed by atoms with E-state index in [1.54, 1.807) is 23.5 Å². The van der Waals surface area contributed by atoms with Crippen molar-refractivity contribution >= 4 is 22.9 Å². The molecular formula is C17H19N3O4S. The minimum Gasteiger partial charge on any atom is -0.379 e. The molecule has 1 atom stereocenters. The highest BCUT2D eigenvalue weighted by Crippen LogP contribution is 2.26. The molecule has 25 heavy (non-hydrogen) atoms. The van der Waals surface area contributed by atoms with Gasteiger partial charge in [0.15, 0.2) is 0 Å². The number of carbonyl (C=O) groups is 1. The summed E-state index contributed by atoms with van der Waals surface area (Å²) in [7, 11) is 0. The lowest BCUT2D eigenvalue weighted by Crippen LogP contribution is -2.43. The van der Waals surface area contributed by atoms with Gasteiger partial charge in [-0.2, -0.15) is 0 Å². The van der Waals surface area contributed by atoms with Crippen LogP contribution >= 0.6 is 11.3 Å². The zero-order valence-electron chi connectivity index (χ0n) is 13.6. The van der Waals surface area contributed by atoms with Crippen LogP contribution < -0.4 is 5.32 Å². The molecule has 3 rings (SSSR count). The van der Waals surface area contributed by atoms with Crippen LogP contribution in [0.4, 0.5) is 5.69 Å². The van der Waals surface area contributed by atoms with Gasteiger partial charge in [0, 0.05) is 30.6 Å². The normalized spacial score (nSPS) is 16.3. The number of thiophene rings is 1. The number of para-hydroxylation sites is 1. The molecule has 1 aliphatic rings. The van der Waals surface area contributed by atoms with Gasteiger partial charge < -0.3 is 10.1 Å². The smallest absolute Gasteiger partial charge is 0.282 e. The molecule has 1 saturated heterocycles. The van der Waals surface area contributed by atoms with E-state index >= 15 is 0 Å². The molecule has 7 nitrogen and oxygen atoms in total. The molecule has 0 aliphatic carbocycles. The first-order valence-corrected chi connectivity index (χ1v) is 8.91. The molecule has 2 heterocycles. The van der Waals surface area contributed by atoms with Crippen LogP contribution in [0.1, 0.15) is 21.3 Å². The second-order valence-electron chi connectivity index (χ2n) is 5.66. The van der Waals surface area contributed by atoms with Gasteiger partial charge in [-0.15, -0.1) is 11.3 Å². The standard InChI is InChI=1S/C17H19N3O4S/c21-17(13-4-1-2-5-14(13)20(22)23)18-12-15(16-6-3-11-25-16)19-7-9-24-10-8-19/h1-6,11,15H,7-10,12H2,(H,18,21)/t15-/m1/s1. The lowest BCUT2D eigenvalue weighted by molar-refractivity contribution is -0.385. The molecule has 0 radical (unpaired) electrons. The number of amides is 1.